The highest BCUT2D eigenvalue weighted by Crippen LogP contribution is 2.34. The molecule has 0 atom stereocenters. The summed E-state index contributed by atoms with van der Waals surface area (Å²) in [4.78, 5) is 25.6. The van der Waals surface area contributed by atoms with Gasteiger partial charge in [-0.05, 0) is 42.0 Å². The molecule has 1 aromatic heterocycles. The average molecular weight is 448 g/mol. The number of halogens is 2. The molecule has 2 N–H and O–H groups in total. The summed E-state index contributed by atoms with van der Waals surface area (Å²) >= 11 is 0. The Bertz CT molecular complexity index is 1350. The van der Waals surface area contributed by atoms with Crippen molar-refractivity contribution < 1.29 is 31.5 Å². The molecule has 0 fully saturated rings. The molecule has 0 aliphatic carbocycles. The Morgan fingerprint density at radius 3 is 2.48 bits per heavy atom. The summed E-state index contributed by atoms with van der Waals surface area (Å²) in [6, 6.07) is 7.93. The van der Waals surface area contributed by atoms with Crippen LogP contribution in [-0.2, 0) is 14.8 Å². The van der Waals surface area contributed by atoms with E-state index in [1.165, 1.54) is 12.1 Å². The Labute approximate surface area is 174 Å². The van der Waals surface area contributed by atoms with Crippen LogP contribution in [0.2, 0.25) is 0 Å². The van der Waals surface area contributed by atoms with Gasteiger partial charge in [-0.3, -0.25) is 9.52 Å². The van der Waals surface area contributed by atoms with E-state index in [0.29, 0.717) is 0 Å². The molecule has 1 aliphatic rings. The molecule has 11 heteroatoms. The molecule has 160 valence electrons. The van der Waals surface area contributed by atoms with Crippen LogP contribution in [0.3, 0.4) is 0 Å². The van der Waals surface area contributed by atoms with Gasteiger partial charge >= 0.3 is 5.97 Å². The molecule has 0 unspecified atom stereocenters. The number of aromatic nitrogens is 1. The Morgan fingerprint density at radius 1 is 0.903 bits per heavy atom. The van der Waals surface area contributed by atoms with E-state index in [0.717, 1.165) is 36.5 Å². The fraction of sp³-hybridized carbons (Fsp3) is 0.100. The molecule has 0 spiro atoms. The SMILES string of the molecule is O=C1OCCOc2ccc(F)cc2-c2ccc(F)c(c2)NS(=O)(=O)c2cc1c[nH]c2=O. The zero-order chi connectivity index (χ0) is 22.2. The second kappa shape index (κ2) is 7.84. The van der Waals surface area contributed by atoms with Gasteiger partial charge in [0, 0.05) is 11.8 Å². The van der Waals surface area contributed by atoms with Crippen molar-refractivity contribution in [1.29, 1.82) is 0 Å². The van der Waals surface area contributed by atoms with Crippen molar-refractivity contribution in [2.45, 2.75) is 4.90 Å². The topological polar surface area (TPSA) is 115 Å². The van der Waals surface area contributed by atoms with Gasteiger partial charge in [-0.15, -0.1) is 0 Å². The maximum Gasteiger partial charge on any atom is 0.339 e. The first-order valence-electron chi connectivity index (χ1n) is 8.89. The summed E-state index contributed by atoms with van der Waals surface area (Å²) in [7, 11) is -4.59. The van der Waals surface area contributed by atoms with Crippen LogP contribution in [-0.4, -0.2) is 32.6 Å². The van der Waals surface area contributed by atoms with E-state index in [9.17, 15) is 26.8 Å². The van der Waals surface area contributed by atoms with E-state index in [4.69, 9.17) is 9.47 Å². The van der Waals surface area contributed by atoms with E-state index >= 15 is 0 Å². The van der Waals surface area contributed by atoms with Gasteiger partial charge in [-0.1, -0.05) is 6.07 Å². The number of ether oxygens (including phenoxy) is 2. The number of sulfonamides is 1. The second-order valence-electron chi connectivity index (χ2n) is 6.51. The molecule has 0 amide bonds. The minimum absolute atomic E-state index is 0.0921. The molecule has 31 heavy (non-hydrogen) atoms. The summed E-state index contributed by atoms with van der Waals surface area (Å²) in [6.07, 6.45) is 1.00. The number of esters is 1. The number of carbonyl (C=O) groups excluding carboxylic acids is 1. The zero-order valence-corrected chi connectivity index (χ0v) is 16.5. The molecule has 0 saturated heterocycles. The van der Waals surface area contributed by atoms with Crippen molar-refractivity contribution in [3.8, 4) is 16.9 Å². The highest BCUT2D eigenvalue weighted by atomic mass is 32.2. The van der Waals surface area contributed by atoms with Gasteiger partial charge in [0.1, 0.15) is 30.6 Å². The minimum Gasteiger partial charge on any atom is -0.489 e. The van der Waals surface area contributed by atoms with E-state index in [-0.39, 0.29) is 35.7 Å². The number of fused-ring (bicyclic) bond motifs is 6. The molecule has 8 nitrogen and oxygen atoms in total. The fourth-order valence-corrected chi connectivity index (χ4v) is 4.12. The largest absolute Gasteiger partial charge is 0.489 e. The molecule has 0 radical (unpaired) electrons. The Morgan fingerprint density at radius 2 is 1.68 bits per heavy atom. The van der Waals surface area contributed by atoms with Crippen LogP contribution >= 0.6 is 0 Å². The van der Waals surface area contributed by atoms with Gasteiger partial charge in [0.2, 0.25) is 0 Å². The van der Waals surface area contributed by atoms with Gasteiger partial charge in [-0.25, -0.2) is 22.0 Å². The van der Waals surface area contributed by atoms with Crippen LogP contribution in [0.1, 0.15) is 10.4 Å². The van der Waals surface area contributed by atoms with Crippen molar-refractivity contribution >= 4 is 21.7 Å². The monoisotopic (exact) mass is 448 g/mol. The predicted molar refractivity (Wildman–Crippen MR) is 105 cm³/mol. The molecule has 4 rings (SSSR count). The van der Waals surface area contributed by atoms with Gasteiger partial charge in [-0.2, -0.15) is 0 Å². The number of H-pyrrole nitrogens is 1. The van der Waals surface area contributed by atoms with Gasteiger partial charge < -0.3 is 14.5 Å². The van der Waals surface area contributed by atoms with Crippen LogP contribution in [0, 0.1) is 11.6 Å². The van der Waals surface area contributed by atoms with Gasteiger partial charge in [0.25, 0.3) is 15.6 Å². The molecular weight excluding hydrogens is 434 g/mol. The number of hydrogen-bond donors (Lipinski definition) is 2. The lowest BCUT2D eigenvalue weighted by molar-refractivity contribution is 0.0450. The summed E-state index contributed by atoms with van der Waals surface area (Å²) < 4.78 is 66.4. The Kier molecular flexibility index (Phi) is 5.19. The number of anilines is 1. The lowest BCUT2D eigenvalue weighted by Crippen LogP contribution is -2.24. The van der Waals surface area contributed by atoms with E-state index < -0.39 is 43.8 Å². The van der Waals surface area contributed by atoms with Gasteiger partial charge in [0.15, 0.2) is 4.90 Å². The quantitative estimate of drug-likeness (QED) is 0.511. The summed E-state index contributed by atoms with van der Waals surface area (Å²) in [6.45, 7) is -0.297. The highest BCUT2D eigenvalue weighted by Gasteiger charge is 2.23. The summed E-state index contributed by atoms with van der Waals surface area (Å²) in [5.74, 6) is -2.22. The number of pyridine rings is 1. The maximum absolute atomic E-state index is 14.4. The normalized spacial score (nSPS) is 15.4. The Balaban J connectivity index is 1.90. The van der Waals surface area contributed by atoms with Crippen molar-refractivity contribution in [1.82, 2.24) is 4.98 Å². The number of rotatable bonds is 0. The van der Waals surface area contributed by atoms with Crippen LogP contribution in [0.4, 0.5) is 14.5 Å². The third kappa shape index (κ3) is 4.12. The van der Waals surface area contributed by atoms with Crippen LogP contribution < -0.4 is 15.0 Å². The van der Waals surface area contributed by atoms with Gasteiger partial charge in [0.05, 0.1) is 11.3 Å². The number of cyclic esters (lactones) is 1. The molecule has 2 heterocycles. The number of nitrogens with one attached hydrogen (secondary N) is 2. The van der Waals surface area contributed by atoms with Crippen molar-refractivity contribution in [2.24, 2.45) is 0 Å². The van der Waals surface area contributed by atoms with Crippen molar-refractivity contribution in [3.63, 3.8) is 0 Å². The fourth-order valence-electron chi connectivity index (χ4n) is 2.97. The first kappa shape index (κ1) is 20.5. The standard InChI is InChI=1S/C20H14F2N2O6S/c21-13-2-4-17-14(9-13)11-1-3-15(22)16(7-11)24-31(27,28)18-8-12(10-23-19(18)25)20(26)30-6-5-29-17/h1-4,7-10,24H,5-6H2,(H,23,25). The third-order valence-electron chi connectivity index (χ3n) is 4.43. The molecule has 1 aliphatic heterocycles. The number of aromatic amines is 1. The molecule has 3 aromatic rings. The molecule has 2 aromatic carbocycles. The second-order valence-corrected chi connectivity index (χ2v) is 8.16. The van der Waals surface area contributed by atoms with Crippen LogP contribution in [0.25, 0.3) is 11.1 Å². The Hall–Kier alpha value is -3.73. The molecule has 4 bridgehead atoms. The number of carbonyl (C=O) groups is 1. The van der Waals surface area contributed by atoms with E-state index in [2.05, 4.69) is 4.98 Å². The molecule has 0 saturated carbocycles. The number of benzene rings is 2. The maximum atomic E-state index is 14.4. The lowest BCUT2D eigenvalue weighted by Gasteiger charge is -2.14. The first-order chi connectivity index (χ1) is 14.7. The average Bonchev–Trinajstić information content (AvgIpc) is 2.73. The van der Waals surface area contributed by atoms with Crippen LogP contribution in [0.5, 0.6) is 5.75 Å². The zero-order valence-electron chi connectivity index (χ0n) is 15.6. The van der Waals surface area contributed by atoms with Crippen molar-refractivity contribution in [2.75, 3.05) is 17.9 Å². The highest BCUT2D eigenvalue weighted by molar-refractivity contribution is 7.92. The van der Waals surface area contributed by atoms with Crippen molar-refractivity contribution in [3.05, 3.63) is 76.2 Å². The van der Waals surface area contributed by atoms with E-state index in [1.54, 1.807) is 0 Å². The lowest BCUT2D eigenvalue weighted by atomic mass is 10.0. The summed E-state index contributed by atoms with van der Waals surface area (Å²) in [5, 5.41) is 0. The first-order valence-corrected chi connectivity index (χ1v) is 10.4. The predicted octanol–water partition coefficient (Wildman–Crippen LogP) is 2.67. The third-order valence-corrected chi connectivity index (χ3v) is 5.80. The number of hydrogen-bond acceptors (Lipinski definition) is 6. The minimum atomic E-state index is -4.59. The molecular formula is C20H14F2N2O6S. The smallest absolute Gasteiger partial charge is 0.339 e. The van der Waals surface area contributed by atoms with E-state index in [1.807, 2.05) is 4.72 Å². The van der Waals surface area contributed by atoms with Crippen LogP contribution in [0.15, 0.2) is 58.4 Å². The summed E-state index contributed by atoms with van der Waals surface area (Å²) in [5.41, 5.74) is -1.25.